The smallest absolute Gasteiger partial charge is 0.119 e. The summed E-state index contributed by atoms with van der Waals surface area (Å²) in [7, 11) is 5.99. The summed E-state index contributed by atoms with van der Waals surface area (Å²) in [6.45, 7) is 5.71. The van der Waals surface area contributed by atoms with Crippen molar-refractivity contribution in [1.82, 2.24) is 4.90 Å². The lowest BCUT2D eigenvalue weighted by Gasteiger charge is -2.26. The van der Waals surface area contributed by atoms with E-state index in [0.717, 1.165) is 12.3 Å². The Balaban J connectivity index is 2.84. The van der Waals surface area contributed by atoms with Gasteiger partial charge in [-0.15, -0.1) is 0 Å². The molecule has 1 aromatic rings. The molecule has 0 heterocycles. The average Bonchev–Trinajstić information content (AvgIpc) is 2.29. The van der Waals surface area contributed by atoms with Crippen LogP contribution in [0.5, 0.6) is 5.75 Å². The van der Waals surface area contributed by atoms with E-state index in [4.69, 9.17) is 4.74 Å². The minimum Gasteiger partial charge on any atom is -0.497 e. The number of nitrogens with zero attached hydrogens (tertiary/aromatic N) is 1. The van der Waals surface area contributed by atoms with E-state index in [2.05, 4.69) is 51.0 Å². The van der Waals surface area contributed by atoms with E-state index in [-0.39, 0.29) is 0 Å². The van der Waals surface area contributed by atoms with Crippen LogP contribution in [0, 0.1) is 5.92 Å². The maximum absolute atomic E-state index is 5.30. The molecule has 96 valence electrons. The zero-order valence-corrected chi connectivity index (χ0v) is 11.7. The van der Waals surface area contributed by atoms with Gasteiger partial charge in [0.05, 0.1) is 7.11 Å². The first-order chi connectivity index (χ1) is 8.08. The van der Waals surface area contributed by atoms with Gasteiger partial charge in [0.25, 0.3) is 0 Å². The minimum absolute atomic E-state index is 0.604. The minimum atomic E-state index is 0.604. The molecule has 1 aromatic carbocycles. The van der Waals surface area contributed by atoms with Crippen molar-refractivity contribution in [2.75, 3.05) is 27.7 Å². The second-order valence-electron chi connectivity index (χ2n) is 5.03. The first kappa shape index (κ1) is 14.0. The largest absolute Gasteiger partial charge is 0.497 e. The highest BCUT2D eigenvalue weighted by Gasteiger charge is 2.18. The van der Waals surface area contributed by atoms with E-state index in [9.17, 15) is 0 Å². The van der Waals surface area contributed by atoms with Gasteiger partial charge in [0.2, 0.25) is 0 Å². The number of ether oxygens (including phenoxy) is 1. The number of hydrogen-bond acceptors (Lipinski definition) is 2. The van der Waals surface area contributed by atoms with Crippen molar-refractivity contribution in [3.05, 3.63) is 29.8 Å². The van der Waals surface area contributed by atoms with E-state index in [0.29, 0.717) is 11.8 Å². The fourth-order valence-corrected chi connectivity index (χ4v) is 2.54. The normalized spacial score (nSPS) is 14.7. The number of hydrogen-bond donors (Lipinski definition) is 0. The molecule has 0 aliphatic carbocycles. The fourth-order valence-electron chi connectivity index (χ4n) is 2.54. The van der Waals surface area contributed by atoms with E-state index in [1.54, 1.807) is 7.11 Å². The topological polar surface area (TPSA) is 12.5 Å². The molecule has 0 spiro atoms. The van der Waals surface area contributed by atoms with Crippen LogP contribution in [0.1, 0.15) is 31.7 Å². The fraction of sp³-hybridized carbons (Fsp3) is 0.600. The molecular formula is C15H25NO. The second-order valence-corrected chi connectivity index (χ2v) is 5.03. The number of benzene rings is 1. The first-order valence-electron chi connectivity index (χ1n) is 6.37. The predicted molar refractivity (Wildman–Crippen MR) is 73.7 cm³/mol. The van der Waals surface area contributed by atoms with Crippen molar-refractivity contribution in [3.63, 3.8) is 0 Å². The summed E-state index contributed by atoms with van der Waals surface area (Å²) >= 11 is 0. The second kappa shape index (κ2) is 6.65. The maximum atomic E-state index is 5.30. The molecule has 0 aromatic heterocycles. The van der Waals surface area contributed by atoms with Gasteiger partial charge in [-0.2, -0.15) is 0 Å². The summed E-state index contributed by atoms with van der Waals surface area (Å²) in [5.41, 5.74) is 1.39. The van der Waals surface area contributed by atoms with E-state index in [1.807, 2.05) is 6.07 Å². The number of methoxy groups -OCH3 is 1. The van der Waals surface area contributed by atoms with Crippen LogP contribution < -0.4 is 4.74 Å². The Morgan fingerprint density at radius 3 is 2.53 bits per heavy atom. The molecule has 2 nitrogen and oxygen atoms in total. The summed E-state index contributed by atoms with van der Waals surface area (Å²) in [5.74, 6) is 2.22. The van der Waals surface area contributed by atoms with Crippen molar-refractivity contribution in [2.45, 2.75) is 26.2 Å². The summed E-state index contributed by atoms with van der Waals surface area (Å²) in [6, 6.07) is 8.47. The summed E-state index contributed by atoms with van der Waals surface area (Å²) < 4.78 is 5.30. The highest BCUT2D eigenvalue weighted by atomic mass is 16.5. The Labute approximate surface area is 106 Å². The first-order valence-corrected chi connectivity index (χ1v) is 6.37. The molecule has 0 saturated heterocycles. The Morgan fingerprint density at radius 1 is 1.29 bits per heavy atom. The van der Waals surface area contributed by atoms with Crippen molar-refractivity contribution < 1.29 is 4.74 Å². The Hall–Kier alpha value is -1.02. The van der Waals surface area contributed by atoms with Crippen molar-refractivity contribution in [3.8, 4) is 5.75 Å². The van der Waals surface area contributed by atoms with Crippen LogP contribution in [0.4, 0.5) is 0 Å². The highest BCUT2D eigenvalue weighted by molar-refractivity contribution is 5.31. The Kier molecular flexibility index (Phi) is 5.49. The molecule has 2 heteroatoms. The molecule has 0 aliphatic heterocycles. The lowest BCUT2D eigenvalue weighted by Crippen LogP contribution is -2.24. The van der Waals surface area contributed by atoms with E-state index >= 15 is 0 Å². The van der Waals surface area contributed by atoms with Crippen LogP contribution in [-0.2, 0) is 0 Å². The Bertz CT molecular complexity index is 335. The van der Waals surface area contributed by atoms with Gasteiger partial charge in [0, 0.05) is 6.54 Å². The van der Waals surface area contributed by atoms with Crippen LogP contribution in [0.2, 0.25) is 0 Å². The van der Waals surface area contributed by atoms with Gasteiger partial charge in [0.15, 0.2) is 0 Å². The molecule has 0 amide bonds. The number of rotatable bonds is 6. The third-order valence-corrected chi connectivity index (χ3v) is 3.30. The lowest BCUT2D eigenvalue weighted by atomic mass is 9.85. The molecule has 2 atom stereocenters. The Morgan fingerprint density at radius 2 is 2.00 bits per heavy atom. The molecule has 0 N–H and O–H groups in total. The molecule has 0 saturated carbocycles. The molecule has 0 bridgehead atoms. The third kappa shape index (κ3) is 4.04. The zero-order chi connectivity index (χ0) is 12.8. The SMILES string of the molecule is CC[C@@H](c1cccc(OC)c1)C(C)CN(C)C. The molecule has 1 rings (SSSR count). The van der Waals surface area contributed by atoms with Gasteiger partial charge < -0.3 is 9.64 Å². The molecule has 0 radical (unpaired) electrons. The molecule has 17 heavy (non-hydrogen) atoms. The quantitative estimate of drug-likeness (QED) is 0.749. The molecule has 0 aliphatic rings. The molecule has 1 unspecified atom stereocenters. The molecular weight excluding hydrogens is 210 g/mol. The lowest BCUT2D eigenvalue weighted by molar-refractivity contribution is 0.301. The van der Waals surface area contributed by atoms with Gasteiger partial charge in [-0.25, -0.2) is 0 Å². The standard InChI is InChI=1S/C15H25NO/c1-6-15(12(2)11-16(3)4)13-8-7-9-14(10-13)17-5/h7-10,12,15H,6,11H2,1-5H3/t12?,15-/m1/s1. The van der Waals surface area contributed by atoms with Gasteiger partial charge in [-0.1, -0.05) is 26.0 Å². The van der Waals surface area contributed by atoms with Crippen LogP contribution in [-0.4, -0.2) is 32.6 Å². The average molecular weight is 235 g/mol. The summed E-state index contributed by atoms with van der Waals surface area (Å²) in [5, 5.41) is 0. The van der Waals surface area contributed by atoms with Crippen molar-refractivity contribution in [1.29, 1.82) is 0 Å². The van der Waals surface area contributed by atoms with Gasteiger partial charge in [0.1, 0.15) is 5.75 Å². The van der Waals surface area contributed by atoms with Gasteiger partial charge >= 0.3 is 0 Å². The zero-order valence-electron chi connectivity index (χ0n) is 11.7. The maximum Gasteiger partial charge on any atom is 0.119 e. The van der Waals surface area contributed by atoms with Crippen LogP contribution in [0.25, 0.3) is 0 Å². The highest BCUT2D eigenvalue weighted by Crippen LogP contribution is 2.30. The van der Waals surface area contributed by atoms with Crippen LogP contribution in [0.3, 0.4) is 0 Å². The third-order valence-electron chi connectivity index (χ3n) is 3.30. The van der Waals surface area contributed by atoms with Crippen molar-refractivity contribution >= 4 is 0 Å². The van der Waals surface area contributed by atoms with Gasteiger partial charge in [-0.05, 0) is 50.0 Å². The monoisotopic (exact) mass is 235 g/mol. The van der Waals surface area contributed by atoms with E-state index < -0.39 is 0 Å². The van der Waals surface area contributed by atoms with Crippen molar-refractivity contribution in [2.24, 2.45) is 5.92 Å². The summed E-state index contributed by atoms with van der Waals surface area (Å²) in [4.78, 5) is 2.26. The van der Waals surface area contributed by atoms with Crippen LogP contribution in [0.15, 0.2) is 24.3 Å². The molecule has 0 fully saturated rings. The summed E-state index contributed by atoms with van der Waals surface area (Å²) in [6.07, 6.45) is 1.17. The van der Waals surface area contributed by atoms with E-state index in [1.165, 1.54) is 12.0 Å². The van der Waals surface area contributed by atoms with Gasteiger partial charge in [-0.3, -0.25) is 0 Å². The van der Waals surface area contributed by atoms with Crippen LogP contribution >= 0.6 is 0 Å². The predicted octanol–water partition coefficient (Wildman–Crippen LogP) is 3.39.